The third-order valence-corrected chi connectivity index (χ3v) is 5.00. The quantitative estimate of drug-likeness (QED) is 0.354. The van der Waals surface area contributed by atoms with Crippen LogP contribution in [-0.4, -0.2) is 56.3 Å². The molecule has 0 aromatic heterocycles. The summed E-state index contributed by atoms with van der Waals surface area (Å²) in [6, 6.07) is 3.14. The molecule has 0 aliphatic carbocycles. The summed E-state index contributed by atoms with van der Waals surface area (Å²) in [6.07, 6.45) is 1.49. The van der Waals surface area contributed by atoms with Crippen LogP contribution in [0.4, 0.5) is 4.39 Å². The van der Waals surface area contributed by atoms with Gasteiger partial charge in [0.15, 0.2) is 12.8 Å². The topological polar surface area (TPSA) is 75.2 Å². The molecule has 0 bridgehead atoms. The SMILES string of the molecule is CN=C(NCCc1cc(F)cc2c1OCOC2)NC1CCN(C(=O)C(C)C)C1.I. The summed E-state index contributed by atoms with van der Waals surface area (Å²) in [7, 11) is 1.71. The van der Waals surface area contributed by atoms with E-state index in [1.165, 1.54) is 12.1 Å². The van der Waals surface area contributed by atoms with Crippen LogP contribution in [0.15, 0.2) is 17.1 Å². The van der Waals surface area contributed by atoms with Gasteiger partial charge >= 0.3 is 0 Å². The molecule has 9 heteroatoms. The molecule has 0 saturated carbocycles. The number of fused-ring (bicyclic) bond motifs is 1. The second-order valence-electron chi connectivity index (χ2n) is 7.48. The number of nitrogens with zero attached hydrogens (tertiary/aromatic N) is 2. The summed E-state index contributed by atoms with van der Waals surface area (Å²) < 4.78 is 24.6. The van der Waals surface area contributed by atoms with Crippen LogP contribution in [0.2, 0.25) is 0 Å². The van der Waals surface area contributed by atoms with Gasteiger partial charge in [-0.05, 0) is 30.5 Å². The first kappa shape index (κ1) is 23.7. The highest BCUT2D eigenvalue weighted by Gasteiger charge is 2.28. The summed E-state index contributed by atoms with van der Waals surface area (Å²) in [5, 5.41) is 6.63. The van der Waals surface area contributed by atoms with Gasteiger partial charge in [0.1, 0.15) is 11.6 Å². The highest BCUT2D eigenvalue weighted by atomic mass is 127. The number of halogens is 2. The largest absolute Gasteiger partial charge is 0.467 e. The number of rotatable bonds is 5. The third kappa shape index (κ3) is 6.18. The van der Waals surface area contributed by atoms with E-state index < -0.39 is 0 Å². The first-order valence-electron chi connectivity index (χ1n) is 9.75. The van der Waals surface area contributed by atoms with Crippen LogP contribution in [0.1, 0.15) is 31.4 Å². The van der Waals surface area contributed by atoms with E-state index in [0.717, 1.165) is 29.8 Å². The van der Waals surface area contributed by atoms with Crippen molar-refractivity contribution in [2.45, 2.75) is 39.3 Å². The van der Waals surface area contributed by atoms with E-state index in [0.29, 0.717) is 32.1 Å². The van der Waals surface area contributed by atoms with E-state index in [9.17, 15) is 9.18 Å². The molecule has 29 heavy (non-hydrogen) atoms. The number of ether oxygens (including phenoxy) is 2. The predicted octanol–water partition coefficient (Wildman–Crippen LogP) is 2.27. The molecule has 2 aliphatic rings. The van der Waals surface area contributed by atoms with Crippen LogP contribution in [0.3, 0.4) is 0 Å². The van der Waals surface area contributed by atoms with Crippen molar-refractivity contribution < 1.29 is 18.7 Å². The average molecular weight is 520 g/mol. The Morgan fingerprint density at radius 1 is 1.41 bits per heavy atom. The molecule has 3 rings (SSSR count). The lowest BCUT2D eigenvalue weighted by Crippen LogP contribution is -2.45. The summed E-state index contributed by atoms with van der Waals surface area (Å²) >= 11 is 0. The Hall–Kier alpha value is -1.62. The molecule has 1 unspecified atom stereocenters. The lowest BCUT2D eigenvalue weighted by atomic mass is 10.1. The third-order valence-electron chi connectivity index (χ3n) is 5.00. The first-order valence-corrected chi connectivity index (χ1v) is 9.75. The molecule has 1 fully saturated rings. The highest BCUT2D eigenvalue weighted by molar-refractivity contribution is 14.0. The van der Waals surface area contributed by atoms with Crippen LogP contribution in [0, 0.1) is 11.7 Å². The van der Waals surface area contributed by atoms with Gasteiger partial charge in [-0.1, -0.05) is 13.8 Å². The fraction of sp³-hybridized carbons (Fsp3) is 0.600. The molecule has 1 saturated heterocycles. The van der Waals surface area contributed by atoms with E-state index in [1.807, 2.05) is 18.7 Å². The second kappa shape index (κ2) is 11.0. The summed E-state index contributed by atoms with van der Waals surface area (Å²) in [5.74, 6) is 1.31. The maximum atomic E-state index is 13.8. The Morgan fingerprint density at radius 2 is 2.21 bits per heavy atom. The Labute approximate surface area is 188 Å². The molecule has 162 valence electrons. The van der Waals surface area contributed by atoms with Crippen molar-refractivity contribution in [3.63, 3.8) is 0 Å². The number of hydrogen-bond donors (Lipinski definition) is 2. The Bertz CT molecular complexity index is 745. The van der Waals surface area contributed by atoms with Gasteiger partial charge in [-0.25, -0.2) is 4.39 Å². The standard InChI is InChI=1S/C20H29FN4O3.HI/c1-13(2)19(26)25-7-5-17(10-25)24-20(22-3)23-6-4-14-8-16(21)9-15-11-27-12-28-18(14)15;/h8-9,13,17H,4-7,10-12H2,1-3H3,(H2,22,23,24);1H. The molecule has 1 aromatic carbocycles. The van der Waals surface area contributed by atoms with E-state index in [1.54, 1.807) is 7.05 Å². The van der Waals surface area contributed by atoms with Crippen LogP contribution < -0.4 is 15.4 Å². The Morgan fingerprint density at radius 3 is 2.93 bits per heavy atom. The zero-order chi connectivity index (χ0) is 20.1. The van der Waals surface area contributed by atoms with Gasteiger partial charge in [-0.3, -0.25) is 9.79 Å². The first-order chi connectivity index (χ1) is 13.5. The van der Waals surface area contributed by atoms with E-state index in [4.69, 9.17) is 9.47 Å². The molecule has 1 atom stereocenters. The van der Waals surface area contributed by atoms with Gasteiger partial charge in [0.2, 0.25) is 5.91 Å². The maximum absolute atomic E-state index is 13.8. The molecule has 1 amide bonds. The van der Waals surface area contributed by atoms with Gasteiger partial charge in [0, 0.05) is 44.2 Å². The fourth-order valence-corrected chi connectivity index (χ4v) is 3.59. The smallest absolute Gasteiger partial charge is 0.225 e. The predicted molar refractivity (Wildman–Crippen MR) is 120 cm³/mol. The normalized spacial score (nSPS) is 18.7. The number of amides is 1. The van der Waals surface area contributed by atoms with Crippen LogP contribution in [-0.2, 0) is 22.6 Å². The van der Waals surface area contributed by atoms with E-state index in [-0.39, 0.29) is 54.5 Å². The van der Waals surface area contributed by atoms with Crippen molar-refractivity contribution >= 4 is 35.8 Å². The number of carbonyl (C=O) groups excluding carboxylic acids is 1. The van der Waals surface area contributed by atoms with Gasteiger partial charge in [-0.15, -0.1) is 24.0 Å². The molecule has 2 N–H and O–H groups in total. The minimum atomic E-state index is -0.286. The van der Waals surface area contributed by atoms with Crippen molar-refractivity contribution in [1.29, 1.82) is 0 Å². The monoisotopic (exact) mass is 520 g/mol. The molecule has 1 aromatic rings. The number of likely N-dealkylation sites (tertiary alicyclic amines) is 1. The lowest BCUT2D eigenvalue weighted by molar-refractivity contribution is -0.133. The van der Waals surface area contributed by atoms with Gasteiger partial charge in [0.25, 0.3) is 0 Å². The molecular weight excluding hydrogens is 490 g/mol. The van der Waals surface area contributed by atoms with Crippen LogP contribution in [0.25, 0.3) is 0 Å². The Kier molecular flexibility index (Phi) is 8.94. The summed E-state index contributed by atoms with van der Waals surface area (Å²) in [5.41, 5.74) is 1.56. The number of benzene rings is 1. The number of carbonyl (C=O) groups is 1. The van der Waals surface area contributed by atoms with E-state index >= 15 is 0 Å². The maximum Gasteiger partial charge on any atom is 0.225 e. The minimum Gasteiger partial charge on any atom is -0.467 e. The molecule has 0 spiro atoms. The van der Waals surface area contributed by atoms with Crippen molar-refractivity contribution in [3.8, 4) is 5.75 Å². The molecule has 2 aliphatic heterocycles. The fourth-order valence-electron chi connectivity index (χ4n) is 3.59. The van der Waals surface area contributed by atoms with Crippen molar-refractivity contribution in [2.24, 2.45) is 10.9 Å². The molecular formula is C20H30FIN4O3. The van der Waals surface area contributed by atoms with Gasteiger partial charge in [0.05, 0.1) is 6.61 Å². The zero-order valence-electron chi connectivity index (χ0n) is 17.2. The lowest BCUT2D eigenvalue weighted by Gasteiger charge is -2.22. The number of hydrogen-bond acceptors (Lipinski definition) is 4. The highest BCUT2D eigenvalue weighted by Crippen LogP contribution is 2.29. The van der Waals surface area contributed by atoms with Crippen molar-refractivity contribution in [2.75, 3.05) is 33.5 Å². The molecule has 0 radical (unpaired) electrons. The Balaban J connectivity index is 0.00000300. The average Bonchev–Trinajstić information content (AvgIpc) is 3.14. The van der Waals surface area contributed by atoms with Gasteiger partial charge < -0.3 is 25.0 Å². The number of guanidine groups is 1. The van der Waals surface area contributed by atoms with E-state index in [2.05, 4.69) is 15.6 Å². The number of aliphatic imine (C=N–C) groups is 1. The van der Waals surface area contributed by atoms with Gasteiger partial charge in [-0.2, -0.15) is 0 Å². The zero-order valence-corrected chi connectivity index (χ0v) is 19.5. The summed E-state index contributed by atoms with van der Waals surface area (Å²) in [6.45, 7) is 6.43. The van der Waals surface area contributed by atoms with Crippen LogP contribution in [0.5, 0.6) is 5.75 Å². The second-order valence-corrected chi connectivity index (χ2v) is 7.48. The van der Waals surface area contributed by atoms with Crippen molar-refractivity contribution in [1.82, 2.24) is 15.5 Å². The summed E-state index contributed by atoms with van der Waals surface area (Å²) in [4.78, 5) is 18.3. The van der Waals surface area contributed by atoms with Crippen LogP contribution >= 0.6 is 24.0 Å². The molecule has 7 nitrogen and oxygen atoms in total. The molecule has 2 heterocycles. The van der Waals surface area contributed by atoms with Crippen molar-refractivity contribution in [3.05, 3.63) is 29.1 Å². The number of nitrogens with one attached hydrogen (secondary N) is 2. The minimum absolute atomic E-state index is 0.